The minimum atomic E-state index is -0.211. The molecule has 0 aromatic carbocycles. The van der Waals surface area contributed by atoms with Crippen molar-refractivity contribution < 1.29 is 4.79 Å². The van der Waals surface area contributed by atoms with Gasteiger partial charge in [0, 0.05) is 12.5 Å². The molecule has 3 heteroatoms. The molecule has 0 saturated heterocycles. The molecule has 3 nitrogen and oxygen atoms in total. The fourth-order valence-electron chi connectivity index (χ4n) is 1.22. The van der Waals surface area contributed by atoms with Gasteiger partial charge in [0.25, 0.3) is 0 Å². The molecule has 0 bridgehead atoms. The number of carbonyl (C=O) groups is 1. The van der Waals surface area contributed by atoms with E-state index in [9.17, 15) is 4.79 Å². The fourth-order valence-corrected chi connectivity index (χ4v) is 1.22. The molecule has 72 valence electrons. The molecule has 0 aliphatic carbocycles. The Kier molecular flexibility index (Phi) is 6.76. The molecular weight excluding hydrogens is 152 g/mol. The maximum Gasteiger partial charge on any atom is 0.218 e. The van der Waals surface area contributed by atoms with E-state index >= 15 is 0 Å². The quantitative estimate of drug-likeness (QED) is 0.602. The number of nitrogens with one attached hydrogen (secondary N) is 1. The van der Waals surface area contributed by atoms with E-state index in [1.54, 1.807) is 0 Å². The average Bonchev–Trinajstić information content (AvgIpc) is 2.00. The Balaban J connectivity index is 3.61. The molecule has 1 unspecified atom stereocenters. The van der Waals surface area contributed by atoms with Crippen LogP contribution >= 0.6 is 0 Å². The van der Waals surface area contributed by atoms with Crippen molar-refractivity contribution in [1.82, 2.24) is 5.32 Å². The number of amides is 1. The van der Waals surface area contributed by atoms with E-state index in [2.05, 4.69) is 19.2 Å². The second-order valence-corrected chi connectivity index (χ2v) is 3.11. The van der Waals surface area contributed by atoms with E-state index < -0.39 is 0 Å². The number of hydrogen-bond acceptors (Lipinski definition) is 2. The van der Waals surface area contributed by atoms with Crippen molar-refractivity contribution >= 4 is 5.91 Å². The molecule has 0 saturated carbocycles. The summed E-state index contributed by atoms with van der Waals surface area (Å²) in [6.07, 6.45) is 3.68. The van der Waals surface area contributed by atoms with Gasteiger partial charge in [-0.2, -0.15) is 0 Å². The third kappa shape index (κ3) is 6.16. The largest absolute Gasteiger partial charge is 0.370 e. The van der Waals surface area contributed by atoms with Gasteiger partial charge in [0.05, 0.1) is 0 Å². The maximum absolute atomic E-state index is 10.6. The zero-order chi connectivity index (χ0) is 9.40. The first-order valence-electron chi connectivity index (χ1n) is 4.72. The van der Waals surface area contributed by atoms with Crippen molar-refractivity contribution in [3.05, 3.63) is 0 Å². The first kappa shape index (κ1) is 11.4. The lowest BCUT2D eigenvalue weighted by Crippen LogP contribution is -2.33. The highest BCUT2D eigenvalue weighted by atomic mass is 16.1. The monoisotopic (exact) mass is 172 g/mol. The van der Waals surface area contributed by atoms with Crippen LogP contribution in [0.2, 0.25) is 0 Å². The van der Waals surface area contributed by atoms with Crippen LogP contribution in [0.1, 0.15) is 39.5 Å². The van der Waals surface area contributed by atoms with Gasteiger partial charge in [0.15, 0.2) is 0 Å². The standard InChI is InChI=1S/C9H20N2O/c1-3-5-8(7-9(10)12)11-6-4-2/h8,11H,3-7H2,1-2H3,(H2,10,12). The molecule has 3 N–H and O–H groups in total. The van der Waals surface area contributed by atoms with Crippen molar-refractivity contribution in [2.75, 3.05) is 6.54 Å². The summed E-state index contributed by atoms with van der Waals surface area (Å²) in [5, 5.41) is 3.30. The zero-order valence-corrected chi connectivity index (χ0v) is 8.10. The van der Waals surface area contributed by atoms with Gasteiger partial charge >= 0.3 is 0 Å². The highest BCUT2D eigenvalue weighted by Gasteiger charge is 2.08. The van der Waals surface area contributed by atoms with Gasteiger partial charge in [0.1, 0.15) is 0 Å². The second-order valence-electron chi connectivity index (χ2n) is 3.11. The van der Waals surface area contributed by atoms with Crippen LogP contribution in [0.25, 0.3) is 0 Å². The molecule has 1 atom stereocenters. The van der Waals surface area contributed by atoms with Crippen molar-refractivity contribution in [2.45, 2.75) is 45.6 Å². The molecule has 0 radical (unpaired) electrons. The second kappa shape index (κ2) is 7.10. The molecule has 0 fully saturated rings. The summed E-state index contributed by atoms with van der Waals surface area (Å²) < 4.78 is 0. The first-order valence-corrected chi connectivity index (χ1v) is 4.72. The van der Waals surface area contributed by atoms with E-state index in [1.807, 2.05) is 0 Å². The summed E-state index contributed by atoms with van der Waals surface area (Å²) in [6.45, 7) is 5.19. The van der Waals surface area contributed by atoms with Crippen LogP contribution in [0.4, 0.5) is 0 Å². The van der Waals surface area contributed by atoms with Crippen LogP contribution in [-0.4, -0.2) is 18.5 Å². The van der Waals surface area contributed by atoms with Crippen LogP contribution in [0, 0.1) is 0 Å². The normalized spacial score (nSPS) is 12.8. The smallest absolute Gasteiger partial charge is 0.218 e. The van der Waals surface area contributed by atoms with Crippen LogP contribution < -0.4 is 11.1 Å². The molecule has 0 spiro atoms. The third-order valence-electron chi connectivity index (χ3n) is 1.77. The Morgan fingerprint density at radius 1 is 1.42 bits per heavy atom. The van der Waals surface area contributed by atoms with Crippen LogP contribution in [0.5, 0.6) is 0 Å². The van der Waals surface area contributed by atoms with Crippen LogP contribution in [0.3, 0.4) is 0 Å². The SMILES string of the molecule is CCCNC(CCC)CC(N)=O. The molecule has 1 amide bonds. The summed E-state index contributed by atoms with van der Waals surface area (Å²) in [5.41, 5.74) is 5.12. The molecule has 0 rings (SSSR count). The zero-order valence-electron chi connectivity index (χ0n) is 8.10. The number of carbonyl (C=O) groups excluding carboxylic acids is 1. The molecule has 0 heterocycles. The van der Waals surface area contributed by atoms with Gasteiger partial charge < -0.3 is 11.1 Å². The molecular formula is C9H20N2O. The van der Waals surface area contributed by atoms with Crippen LogP contribution in [0.15, 0.2) is 0 Å². The lowest BCUT2D eigenvalue weighted by atomic mass is 10.1. The van der Waals surface area contributed by atoms with Gasteiger partial charge in [-0.05, 0) is 19.4 Å². The number of rotatable bonds is 7. The fraction of sp³-hybridized carbons (Fsp3) is 0.889. The molecule has 0 aromatic rings. The molecule has 0 aromatic heterocycles. The highest BCUT2D eigenvalue weighted by molar-refractivity contribution is 5.74. The summed E-state index contributed by atoms with van der Waals surface area (Å²) in [5.74, 6) is -0.211. The van der Waals surface area contributed by atoms with E-state index in [0.717, 1.165) is 25.8 Å². The minimum Gasteiger partial charge on any atom is -0.370 e. The predicted octanol–water partition coefficient (Wildman–Crippen LogP) is 1.03. The van der Waals surface area contributed by atoms with E-state index in [0.29, 0.717) is 6.42 Å². The highest BCUT2D eigenvalue weighted by Crippen LogP contribution is 2.00. The predicted molar refractivity (Wildman–Crippen MR) is 50.8 cm³/mol. The lowest BCUT2D eigenvalue weighted by molar-refractivity contribution is -0.118. The summed E-state index contributed by atoms with van der Waals surface area (Å²) in [7, 11) is 0. The van der Waals surface area contributed by atoms with E-state index in [-0.39, 0.29) is 11.9 Å². The molecule has 0 aliphatic rings. The lowest BCUT2D eigenvalue weighted by Gasteiger charge is -2.15. The van der Waals surface area contributed by atoms with Crippen LogP contribution in [-0.2, 0) is 4.79 Å². The van der Waals surface area contributed by atoms with E-state index in [4.69, 9.17) is 5.73 Å². The summed E-state index contributed by atoms with van der Waals surface area (Å²) >= 11 is 0. The number of hydrogen-bond donors (Lipinski definition) is 2. The summed E-state index contributed by atoms with van der Waals surface area (Å²) in [4.78, 5) is 10.6. The Hall–Kier alpha value is -0.570. The summed E-state index contributed by atoms with van der Waals surface area (Å²) in [6, 6.07) is 0.285. The van der Waals surface area contributed by atoms with Crippen molar-refractivity contribution in [3.63, 3.8) is 0 Å². The number of primary amides is 1. The van der Waals surface area contributed by atoms with Gasteiger partial charge in [-0.1, -0.05) is 20.3 Å². The topological polar surface area (TPSA) is 55.1 Å². The third-order valence-corrected chi connectivity index (χ3v) is 1.77. The minimum absolute atomic E-state index is 0.211. The van der Waals surface area contributed by atoms with Gasteiger partial charge in [0.2, 0.25) is 5.91 Å². The number of nitrogens with two attached hydrogens (primary N) is 1. The van der Waals surface area contributed by atoms with E-state index in [1.165, 1.54) is 0 Å². The Morgan fingerprint density at radius 2 is 2.08 bits per heavy atom. The van der Waals surface area contributed by atoms with Gasteiger partial charge in [-0.25, -0.2) is 0 Å². The van der Waals surface area contributed by atoms with Crippen molar-refractivity contribution in [3.8, 4) is 0 Å². The van der Waals surface area contributed by atoms with Gasteiger partial charge in [-0.3, -0.25) is 4.79 Å². The first-order chi connectivity index (χ1) is 5.70. The Morgan fingerprint density at radius 3 is 2.50 bits per heavy atom. The Labute approximate surface area is 74.7 Å². The maximum atomic E-state index is 10.6. The average molecular weight is 172 g/mol. The van der Waals surface area contributed by atoms with Gasteiger partial charge in [-0.15, -0.1) is 0 Å². The molecule has 12 heavy (non-hydrogen) atoms. The molecule has 0 aliphatic heterocycles. The van der Waals surface area contributed by atoms with Crippen molar-refractivity contribution in [2.24, 2.45) is 5.73 Å². The Bertz CT molecular complexity index is 126. The van der Waals surface area contributed by atoms with Crippen molar-refractivity contribution in [1.29, 1.82) is 0 Å².